The van der Waals surface area contributed by atoms with Crippen LogP contribution in [0, 0.1) is 0 Å². The zero-order valence-electron chi connectivity index (χ0n) is 10.3. The van der Waals surface area contributed by atoms with E-state index in [2.05, 4.69) is 4.74 Å². The van der Waals surface area contributed by atoms with Gasteiger partial charge >= 0.3 is 5.97 Å². The summed E-state index contributed by atoms with van der Waals surface area (Å²) in [6.07, 6.45) is -0.681. The van der Waals surface area contributed by atoms with E-state index >= 15 is 0 Å². The van der Waals surface area contributed by atoms with Gasteiger partial charge in [-0.1, -0.05) is 0 Å². The Morgan fingerprint density at radius 1 is 1.06 bits per heavy atom. The zero-order valence-corrected chi connectivity index (χ0v) is 10.3. The normalized spacial score (nSPS) is 11.5. The standard InChI is InChI=1S/C6H14O4.C4H8O3/c7-1-3-9-5-6-10-4-2-8;1-3(7-2)4(5)6/h7-8H,1-6H2;3H,1-2H3,(H,5,6). The highest BCUT2D eigenvalue weighted by molar-refractivity contribution is 5.71. The molecule has 1 unspecified atom stereocenters. The lowest BCUT2D eigenvalue weighted by atomic mass is 10.4. The lowest BCUT2D eigenvalue weighted by molar-refractivity contribution is -0.147. The third-order valence-electron chi connectivity index (χ3n) is 1.54. The molecule has 0 aromatic carbocycles. The van der Waals surface area contributed by atoms with Crippen LogP contribution in [0.1, 0.15) is 6.92 Å². The van der Waals surface area contributed by atoms with Crippen LogP contribution >= 0.6 is 0 Å². The third-order valence-corrected chi connectivity index (χ3v) is 1.54. The van der Waals surface area contributed by atoms with Gasteiger partial charge in [0.2, 0.25) is 0 Å². The van der Waals surface area contributed by atoms with Crippen molar-refractivity contribution in [1.82, 2.24) is 0 Å². The summed E-state index contributed by atoms with van der Waals surface area (Å²) in [4.78, 5) is 9.81. The van der Waals surface area contributed by atoms with Crippen molar-refractivity contribution in [2.24, 2.45) is 0 Å². The van der Waals surface area contributed by atoms with Crippen molar-refractivity contribution in [1.29, 1.82) is 0 Å². The number of carboxylic acid groups (broad SMARTS) is 1. The Labute approximate surface area is 101 Å². The van der Waals surface area contributed by atoms with Crippen LogP contribution in [0.2, 0.25) is 0 Å². The summed E-state index contributed by atoms with van der Waals surface area (Å²) in [7, 11) is 1.36. The molecule has 7 heteroatoms. The van der Waals surface area contributed by atoms with E-state index in [-0.39, 0.29) is 13.2 Å². The maximum atomic E-state index is 9.81. The average Bonchev–Trinajstić information content (AvgIpc) is 2.33. The molecule has 0 fully saturated rings. The van der Waals surface area contributed by atoms with Gasteiger partial charge in [0.1, 0.15) is 0 Å². The van der Waals surface area contributed by atoms with Crippen molar-refractivity contribution in [2.45, 2.75) is 13.0 Å². The Bertz CT molecular complexity index is 155. The average molecular weight is 254 g/mol. The van der Waals surface area contributed by atoms with Gasteiger partial charge in [0.15, 0.2) is 6.10 Å². The Kier molecular flexibility index (Phi) is 16.7. The number of carboxylic acids is 1. The second kappa shape index (κ2) is 15.3. The predicted molar refractivity (Wildman–Crippen MR) is 59.9 cm³/mol. The molecule has 0 saturated heterocycles. The number of aliphatic hydroxyl groups is 2. The Hall–Kier alpha value is -0.730. The van der Waals surface area contributed by atoms with E-state index in [0.29, 0.717) is 26.4 Å². The van der Waals surface area contributed by atoms with Crippen molar-refractivity contribution >= 4 is 5.97 Å². The van der Waals surface area contributed by atoms with E-state index in [1.165, 1.54) is 14.0 Å². The van der Waals surface area contributed by atoms with Gasteiger partial charge in [-0.05, 0) is 6.92 Å². The molecule has 0 aliphatic heterocycles. The van der Waals surface area contributed by atoms with Crippen LogP contribution in [0.15, 0.2) is 0 Å². The van der Waals surface area contributed by atoms with Crippen LogP contribution in [-0.2, 0) is 19.0 Å². The molecular formula is C10H22O7. The van der Waals surface area contributed by atoms with Gasteiger partial charge < -0.3 is 29.5 Å². The molecule has 0 amide bonds. The summed E-state index contributed by atoms with van der Waals surface area (Å²) >= 11 is 0. The SMILES string of the molecule is COC(C)C(=O)O.OCCOCCOCCO. The maximum absolute atomic E-state index is 9.81. The molecule has 0 rings (SSSR count). The summed E-state index contributed by atoms with van der Waals surface area (Å²) in [5.74, 6) is -0.928. The molecule has 7 nitrogen and oxygen atoms in total. The first kappa shape index (κ1) is 18.6. The van der Waals surface area contributed by atoms with Crippen LogP contribution in [-0.4, -0.2) is 74.1 Å². The van der Waals surface area contributed by atoms with Gasteiger partial charge in [-0.2, -0.15) is 0 Å². The highest BCUT2D eigenvalue weighted by atomic mass is 16.5. The van der Waals surface area contributed by atoms with Crippen LogP contribution in [0.4, 0.5) is 0 Å². The molecule has 0 heterocycles. The van der Waals surface area contributed by atoms with Crippen LogP contribution in [0.3, 0.4) is 0 Å². The first-order valence-electron chi connectivity index (χ1n) is 5.22. The van der Waals surface area contributed by atoms with Gasteiger partial charge in [-0.15, -0.1) is 0 Å². The van der Waals surface area contributed by atoms with Crippen molar-refractivity contribution in [3.8, 4) is 0 Å². The van der Waals surface area contributed by atoms with E-state index in [4.69, 9.17) is 24.8 Å². The minimum absolute atomic E-state index is 0.0417. The van der Waals surface area contributed by atoms with E-state index in [1.54, 1.807) is 0 Å². The number of carbonyl (C=O) groups is 1. The molecular weight excluding hydrogens is 232 g/mol. The second-order valence-electron chi connectivity index (χ2n) is 2.89. The molecule has 0 aromatic heterocycles. The summed E-state index contributed by atoms with van der Waals surface area (Å²) in [6, 6.07) is 0. The summed E-state index contributed by atoms with van der Waals surface area (Å²) in [5.41, 5.74) is 0. The summed E-state index contributed by atoms with van der Waals surface area (Å²) in [6.45, 7) is 3.20. The van der Waals surface area contributed by atoms with E-state index in [9.17, 15) is 4.79 Å². The molecule has 0 radical (unpaired) electrons. The molecule has 1 atom stereocenters. The molecule has 0 aromatic rings. The van der Waals surface area contributed by atoms with Crippen molar-refractivity contribution in [3.05, 3.63) is 0 Å². The van der Waals surface area contributed by atoms with Crippen molar-refractivity contribution in [2.75, 3.05) is 46.8 Å². The highest BCUT2D eigenvalue weighted by Crippen LogP contribution is 1.83. The van der Waals surface area contributed by atoms with Gasteiger partial charge in [0, 0.05) is 7.11 Å². The van der Waals surface area contributed by atoms with Crippen molar-refractivity contribution in [3.63, 3.8) is 0 Å². The molecule has 0 aliphatic rings. The monoisotopic (exact) mass is 254 g/mol. The Balaban J connectivity index is 0. The molecule has 0 saturated carbocycles. The smallest absolute Gasteiger partial charge is 0.332 e. The van der Waals surface area contributed by atoms with Crippen molar-refractivity contribution < 1.29 is 34.3 Å². The number of hydrogen-bond donors (Lipinski definition) is 3. The van der Waals surface area contributed by atoms with Crippen LogP contribution < -0.4 is 0 Å². The quantitative estimate of drug-likeness (QED) is 0.458. The van der Waals surface area contributed by atoms with Gasteiger partial charge in [-0.25, -0.2) is 4.79 Å². The molecule has 17 heavy (non-hydrogen) atoms. The number of rotatable bonds is 9. The molecule has 0 bridgehead atoms. The largest absolute Gasteiger partial charge is 0.479 e. The highest BCUT2D eigenvalue weighted by Gasteiger charge is 2.06. The van der Waals surface area contributed by atoms with Crippen LogP contribution in [0.5, 0.6) is 0 Å². The fourth-order valence-electron chi connectivity index (χ4n) is 0.552. The Morgan fingerprint density at radius 3 is 1.65 bits per heavy atom. The fraction of sp³-hybridized carbons (Fsp3) is 0.900. The lowest BCUT2D eigenvalue weighted by Gasteiger charge is -2.01. The number of aliphatic carboxylic acids is 1. The van der Waals surface area contributed by atoms with E-state index in [0.717, 1.165) is 0 Å². The summed E-state index contributed by atoms with van der Waals surface area (Å²) in [5, 5.41) is 24.6. The molecule has 104 valence electrons. The first-order valence-corrected chi connectivity index (χ1v) is 5.22. The number of ether oxygens (including phenoxy) is 3. The predicted octanol–water partition coefficient (Wildman–Crippen LogP) is -0.890. The Morgan fingerprint density at radius 2 is 1.47 bits per heavy atom. The molecule has 0 aliphatic carbocycles. The van der Waals surface area contributed by atoms with E-state index in [1.807, 2.05) is 0 Å². The number of hydrogen-bond acceptors (Lipinski definition) is 6. The zero-order chi connectivity index (χ0) is 13.5. The van der Waals surface area contributed by atoms with Gasteiger partial charge in [-0.3, -0.25) is 0 Å². The molecule has 3 N–H and O–H groups in total. The topological polar surface area (TPSA) is 105 Å². The third kappa shape index (κ3) is 17.9. The minimum Gasteiger partial charge on any atom is -0.479 e. The maximum Gasteiger partial charge on any atom is 0.332 e. The summed E-state index contributed by atoms with van der Waals surface area (Å²) < 4.78 is 14.2. The number of methoxy groups -OCH3 is 1. The minimum atomic E-state index is -0.928. The lowest BCUT2D eigenvalue weighted by Crippen LogP contribution is -2.17. The number of aliphatic hydroxyl groups excluding tert-OH is 2. The van der Waals surface area contributed by atoms with Gasteiger partial charge in [0.05, 0.1) is 39.6 Å². The first-order chi connectivity index (χ1) is 8.09. The molecule has 0 spiro atoms. The van der Waals surface area contributed by atoms with Crippen LogP contribution in [0.25, 0.3) is 0 Å². The second-order valence-corrected chi connectivity index (χ2v) is 2.89. The fourth-order valence-corrected chi connectivity index (χ4v) is 0.552. The van der Waals surface area contributed by atoms with E-state index < -0.39 is 12.1 Å². The van der Waals surface area contributed by atoms with Gasteiger partial charge in [0.25, 0.3) is 0 Å².